The lowest BCUT2D eigenvalue weighted by Gasteiger charge is -2.11. The molecule has 1 saturated carbocycles. The summed E-state index contributed by atoms with van der Waals surface area (Å²) in [5.74, 6) is -0.388. The number of sulfonamides is 1. The predicted octanol–water partition coefficient (Wildman–Crippen LogP) is 2.67. The van der Waals surface area contributed by atoms with E-state index in [1.54, 1.807) is 0 Å². The van der Waals surface area contributed by atoms with E-state index < -0.39 is 16.0 Å². The van der Waals surface area contributed by atoms with E-state index in [1.807, 2.05) is 18.2 Å². The Hall–Kier alpha value is -2.18. The summed E-state index contributed by atoms with van der Waals surface area (Å²) in [5.41, 5.74) is 2.80. The van der Waals surface area contributed by atoms with E-state index in [-0.39, 0.29) is 17.9 Å². The molecular formula is C18H19NO4S. The van der Waals surface area contributed by atoms with Crippen LogP contribution in [0.15, 0.2) is 53.4 Å². The largest absolute Gasteiger partial charge is 0.481 e. The topological polar surface area (TPSA) is 83.5 Å². The Balaban J connectivity index is 1.71. The van der Waals surface area contributed by atoms with Gasteiger partial charge in [-0.15, -0.1) is 0 Å². The number of carbonyl (C=O) groups is 1. The van der Waals surface area contributed by atoms with E-state index >= 15 is 0 Å². The molecule has 2 aromatic carbocycles. The van der Waals surface area contributed by atoms with Crippen molar-refractivity contribution in [3.8, 4) is 0 Å². The average molecular weight is 345 g/mol. The zero-order chi connectivity index (χ0) is 17.2. The molecule has 6 heteroatoms. The minimum absolute atomic E-state index is 0.123. The molecule has 0 spiro atoms. The van der Waals surface area contributed by atoms with Crippen molar-refractivity contribution in [1.82, 2.24) is 4.72 Å². The van der Waals surface area contributed by atoms with Gasteiger partial charge in [0.05, 0.1) is 11.3 Å². The Morgan fingerprint density at radius 3 is 2.38 bits per heavy atom. The van der Waals surface area contributed by atoms with Crippen LogP contribution >= 0.6 is 0 Å². The van der Waals surface area contributed by atoms with Gasteiger partial charge in [-0.1, -0.05) is 36.4 Å². The lowest BCUT2D eigenvalue weighted by atomic mass is 10.0. The molecule has 0 aromatic heterocycles. The minimum atomic E-state index is -3.62. The third-order valence-electron chi connectivity index (χ3n) is 4.11. The first-order chi connectivity index (χ1) is 11.5. The molecule has 0 aliphatic heterocycles. The normalized spacial score (nSPS) is 14.5. The molecule has 1 aliphatic rings. The van der Waals surface area contributed by atoms with Gasteiger partial charge < -0.3 is 5.11 Å². The zero-order valence-electron chi connectivity index (χ0n) is 13.1. The lowest BCUT2D eigenvalue weighted by molar-refractivity contribution is -0.136. The number of benzene rings is 2. The van der Waals surface area contributed by atoms with E-state index in [9.17, 15) is 13.2 Å². The molecule has 0 atom stereocenters. The molecule has 5 nitrogen and oxygen atoms in total. The van der Waals surface area contributed by atoms with Gasteiger partial charge in [0.2, 0.25) is 10.0 Å². The van der Waals surface area contributed by atoms with Gasteiger partial charge >= 0.3 is 5.97 Å². The highest BCUT2D eigenvalue weighted by atomic mass is 32.2. The maximum atomic E-state index is 12.4. The van der Waals surface area contributed by atoms with Crippen LogP contribution in [0, 0.1) is 0 Å². The molecule has 2 N–H and O–H groups in total. The summed E-state index contributed by atoms with van der Waals surface area (Å²) in [5, 5.41) is 8.75. The van der Waals surface area contributed by atoms with Crippen molar-refractivity contribution in [3.63, 3.8) is 0 Å². The first-order valence-corrected chi connectivity index (χ1v) is 9.32. The monoisotopic (exact) mass is 345 g/mol. The molecule has 0 saturated heterocycles. The SMILES string of the molecule is O=C(O)Cc1ccc(S(=O)(=O)NCc2ccccc2C2CC2)cc1. The van der Waals surface area contributed by atoms with Crippen molar-refractivity contribution < 1.29 is 18.3 Å². The van der Waals surface area contributed by atoms with E-state index in [2.05, 4.69) is 10.8 Å². The van der Waals surface area contributed by atoms with Gasteiger partial charge in [-0.05, 0) is 47.6 Å². The molecule has 1 fully saturated rings. The van der Waals surface area contributed by atoms with E-state index in [1.165, 1.54) is 29.8 Å². The zero-order valence-corrected chi connectivity index (χ0v) is 13.9. The Bertz CT molecular complexity index is 840. The second-order valence-electron chi connectivity index (χ2n) is 6.01. The van der Waals surface area contributed by atoms with Crippen LogP contribution in [-0.2, 0) is 27.8 Å². The smallest absolute Gasteiger partial charge is 0.307 e. The molecule has 0 radical (unpaired) electrons. The number of hydrogen-bond donors (Lipinski definition) is 2. The van der Waals surface area contributed by atoms with Crippen LogP contribution in [0.1, 0.15) is 35.4 Å². The van der Waals surface area contributed by atoms with Crippen LogP contribution in [0.5, 0.6) is 0 Å². The Morgan fingerprint density at radius 2 is 1.75 bits per heavy atom. The van der Waals surface area contributed by atoms with Gasteiger partial charge in [0.1, 0.15) is 0 Å². The second kappa shape index (κ2) is 6.75. The highest BCUT2D eigenvalue weighted by Gasteiger charge is 2.26. The fraction of sp³-hybridized carbons (Fsp3) is 0.278. The standard InChI is InChI=1S/C18H19NO4S/c20-18(21)11-13-5-9-16(10-6-13)24(22,23)19-12-15-3-1-2-4-17(15)14-7-8-14/h1-6,9-10,14,19H,7-8,11-12H2,(H,20,21). The molecule has 24 heavy (non-hydrogen) atoms. The Kier molecular flexibility index (Phi) is 4.69. The predicted molar refractivity (Wildman–Crippen MR) is 90.2 cm³/mol. The van der Waals surface area contributed by atoms with Crippen molar-refractivity contribution in [2.75, 3.05) is 0 Å². The van der Waals surface area contributed by atoms with Gasteiger partial charge in [-0.25, -0.2) is 13.1 Å². The summed E-state index contributed by atoms with van der Waals surface area (Å²) < 4.78 is 27.4. The fourth-order valence-electron chi connectivity index (χ4n) is 2.70. The van der Waals surface area contributed by atoms with Gasteiger partial charge in [-0.2, -0.15) is 0 Å². The average Bonchev–Trinajstić information content (AvgIpc) is 3.38. The van der Waals surface area contributed by atoms with Crippen molar-refractivity contribution in [3.05, 3.63) is 65.2 Å². The molecule has 126 valence electrons. The number of carboxylic acids is 1. The van der Waals surface area contributed by atoms with E-state index in [4.69, 9.17) is 5.11 Å². The van der Waals surface area contributed by atoms with Gasteiger partial charge in [0, 0.05) is 6.54 Å². The maximum absolute atomic E-state index is 12.4. The highest BCUT2D eigenvalue weighted by Crippen LogP contribution is 2.41. The Morgan fingerprint density at radius 1 is 1.08 bits per heavy atom. The summed E-state index contributed by atoms with van der Waals surface area (Å²) in [6.07, 6.45) is 2.20. The molecule has 0 unspecified atom stereocenters. The molecule has 3 rings (SSSR count). The summed E-state index contributed by atoms with van der Waals surface area (Å²) >= 11 is 0. The highest BCUT2D eigenvalue weighted by molar-refractivity contribution is 7.89. The number of carboxylic acid groups (broad SMARTS) is 1. The molecule has 0 heterocycles. The summed E-state index contributed by atoms with van der Waals surface area (Å²) in [7, 11) is -3.62. The van der Waals surface area contributed by atoms with Crippen LogP contribution in [0.2, 0.25) is 0 Å². The third kappa shape index (κ3) is 4.01. The molecular weight excluding hydrogens is 326 g/mol. The number of rotatable bonds is 7. The third-order valence-corrected chi connectivity index (χ3v) is 5.53. The van der Waals surface area contributed by atoms with Crippen LogP contribution in [0.25, 0.3) is 0 Å². The van der Waals surface area contributed by atoms with Crippen molar-refractivity contribution >= 4 is 16.0 Å². The van der Waals surface area contributed by atoms with Gasteiger partial charge in [-0.3, -0.25) is 4.79 Å². The summed E-state index contributed by atoms with van der Waals surface area (Å²) in [4.78, 5) is 10.8. The first-order valence-electron chi connectivity index (χ1n) is 7.84. The van der Waals surface area contributed by atoms with E-state index in [0.29, 0.717) is 11.5 Å². The van der Waals surface area contributed by atoms with Crippen molar-refractivity contribution in [2.45, 2.75) is 36.6 Å². The fourth-order valence-corrected chi connectivity index (χ4v) is 3.71. The second-order valence-corrected chi connectivity index (χ2v) is 7.78. The lowest BCUT2D eigenvalue weighted by Crippen LogP contribution is -2.23. The number of aliphatic carboxylic acids is 1. The number of nitrogens with one attached hydrogen (secondary N) is 1. The summed E-state index contributed by atoms with van der Waals surface area (Å²) in [6, 6.07) is 13.8. The maximum Gasteiger partial charge on any atom is 0.307 e. The number of hydrogen-bond acceptors (Lipinski definition) is 3. The van der Waals surface area contributed by atoms with Crippen LogP contribution in [-0.4, -0.2) is 19.5 Å². The van der Waals surface area contributed by atoms with Crippen LogP contribution < -0.4 is 4.72 Å². The van der Waals surface area contributed by atoms with Crippen LogP contribution in [0.4, 0.5) is 0 Å². The van der Waals surface area contributed by atoms with Gasteiger partial charge in [0.25, 0.3) is 0 Å². The van der Waals surface area contributed by atoms with Crippen molar-refractivity contribution in [1.29, 1.82) is 0 Å². The molecule has 0 bridgehead atoms. The minimum Gasteiger partial charge on any atom is -0.481 e. The van der Waals surface area contributed by atoms with E-state index in [0.717, 1.165) is 18.4 Å². The first kappa shape index (κ1) is 16.7. The Labute approximate surface area is 141 Å². The molecule has 2 aromatic rings. The quantitative estimate of drug-likeness (QED) is 0.808. The summed E-state index contributed by atoms with van der Waals surface area (Å²) in [6.45, 7) is 0.256. The molecule has 0 amide bonds. The van der Waals surface area contributed by atoms with Crippen LogP contribution in [0.3, 0.4) is 0 Å². The van der Waals surface area contributed by atoms with Crippen molar-refractivity contribution in [2.24, 2.45) is 0 Å². The van der Waals surface area contributed by atoms with Gasteiger partial charge in [0.15, 0.2) is 0 Å². The molecule has 1 aliphatic carbocycles.